The van der Waals surface area contributed by atoms with Crippen LogP contribution < -0.4 is 4.74 Å². The van der Waals surface area contributed by atoms with Gasteiger partial charge in [0.15, 0.2) is 0 Å². The lowest BCUT2D eigenvalue weighted by molar-refractivity contribution is -0.0336. The Balaban J connectivity index is 1.39. The molecule has 140 valence electrons. The van der Waals surface area contributed by atoms with E-state index in [1.165, 1.54) is 25.7 Å². The number of likely N-dealkylation sites (tertiary alicyclic amines) is 1. The molecular formula is C21H28N2O3. The number of hydrogen-bond acceptors (Lipinski definition) is 5. The summed E-state index contributed by atoms with van der Waals surface area (Å²) in [5.41, 5.74) is 1.06. The van der Waals surface area contributed by atoms with Gasteiger partial charge >= 0.3 is 0 Å². The van der Waals surface area contributed by atoms with Gasteiger partial charge in [0.05, 0.1) is 12.7 Å². The monoisotopic (exact) mass is 356 g/mol. The molecule has 2 fully saturated rings. The molecule has 0 amide bonds. The van der Waals surface area contributed by atoms with Gasteiger partial charge in [-0.05, 0) is 37.8 Å². The average molecular weight is 356 g/mol. The van der Waals surface area contributed by atoms with Crippen LogP contribution in [0.4, 0.5) is 0 Å². The van der Waals surface area contributed by atoms with Gasteiger partial charge in [-0.1, -0.05) is 30.1 Å². The van der Waals surface area contributed by atoms with Gasteiger partial charge in [-0.25, -0.2) is 0 Å². The third-order valence-electron chi connectivity index (χ3n) is 6.00. The highest BCUT2D eigenvalue weighted by Crippen LogP contribution is 2.32. The molecule has 1 aliphatic carbocycles. The van der Waals surface area contributed by atoms with Gasteiger partial charge in [0.25, 0.3) is 0 Å². The lowest BCUT2D eigenvalue weighted by Gasteiger charge is -2.40. The van der Waals surface area contributed by atoms with Crippen molar-refractivity contribution in [1.29, 1.82) is 0 Å². The van der Waals surface area contributed by atoms with E-state index in [0.29, 0.717) is 6.42 Å². The Labute approximate surface area is 154 Å². The van der Waals surface area contributed by atoms with E-state index in [0.717, 1.165) is 54.7 Å². The van der Waals surface area contributed by atoms with E-state index in [1.54, 1.807) is 7.11 Å². The van der Waals surface area contributed by atoms with Crippen LogP contribution in [0.15, 0.2) is 34.9 Å². The number of benzene rings is 1. The summed E-state index contributed by atoms with van der Waals surface area (Å²) >= 11 is 0. The smallest absolute Gasteiger partial charge is 0.140 e. The van der Waals surface area contributed by atoms with Gasteiger partial charge in [0.1, 0.15) is 17.2 Å². The Kier molecular flexibility index (Phi) is 5.00. The molecule has 26 heavy (non-hydrogen) atoms. The van der Waals surface area contributed by atoms with Crippen molar-refractivity contribution in [3.05, 3.63) is 36.1 Å². The van der Waals surface area contributed by atoms with Crippen molar-refractivity contribution in [2.75, 3.05) is 20.2 Å². The second-order valence-electron chi connectivity index (χ2n) is 7.79. The maximum Gasteiger partial charge on any atom is 0.140 e. The van der Waals surface area contributed by atoms with Gasteiger partial charge in [0.2, 0.25) is 0 Å². The van der Waals surface area contributed by atoms with E-state index in [1.807, 2.05) is 30.3 Å². The number of ether oxygens (including phenoxy) is 1. The van der Waals surface area contributed by atoms with Crippen molar-refractivity contribution < 1.29 is 14.4 Å². The van der Waals surface area contributed by atoms with Crippen LogP contribution in [0, 0.1) is 0 Å². The van der Waals surface area contributed by atoms with Gasteiger partial charge < -0.3 is 19.3 Å². The second kappa shape index (κ2) is 7.41. The van der Waals surface area contributed by atoms with E-state index in [-0.39, 0.29) is 0 Å². The zero-order valence-electron chi connectivity index (χ0n) is 15.5. The summed E-state index contributed by atoms with van der Waals surface area (Å²) in [6, 6.07) is 10.5. The Morgan fingerprint density at radius 1 is 1.23 bits per heavy atom. The molecule has 1 aliphatic heterocycles. The van der Waals surface area contributed by atoms with E-state index < -0.39 is 5.60 Å². The second-order valence-corrected chi connectivity index (χ2v) is 7.79. The standard InChI is InChI=1S/C21H28N2O3/c1-25-18-8-4-5-16(13-18)20-14-19(26-22-20)15-21(24)9-11-23(12-10-21)17-6-2-3-7-17/h4-5,8,13-14,17,24H,2-3,6-7,9-12,15H2,1H3. The quantitative estimate of drug-likeness (QED) is 0.886. The van der Waals surface area contributed by atoms with Gasteiger partial charge in [-0.3, -0.25) is 0 Å². The Hall–Kier alpha value is -1.85. The van der Waals surface area contributed by atoms with E-state index in [9.17, 15) is 5.11 Å². The van der Waals surface area contributed by atoms with Crippen LogP contribution in [-0.2, 0) is 6.42 Å². The van der Waals surface area contributed by atoms with Gasteiger partial charge in [-0.15, -0.1) is 0 Å². The first kappa shape index (κ1) is 17.6. The summed E-state index contributed by atoms with van der Waals surface area (Å²) in [6.07, 6.45) is 7.50. The molecule has 1 aromatic carbocycles. The summed E-state index contributed by atoms with van der Waals surface area (Å²) in [5.74, 6) is 1.55. The molecule has 1 saturated carbocycles. The predicted octanol–water partition coefficient (Wildman–Crippen LogP) is 3.66. The van der Waals surface area contributed by atoms with Crippen molar-refractivity contribution in [3.8, 4) is 17.0 Å². The minimum Gasteiger partial charge on any atom is -0.497 e. The largest absolute Gasteiger partial charge is 0.497 e. The minimum atomic E-state index is -0.680. The van der Waals surface area contributed by atoms with Crippen LogP contribution >= 0.6 is 0 Å². The number of methoxy groups -OCH3 is 1. The Morgan fingerprint density at radius 2 is 2.00 bits per heavy atom. The molecule has 0 spiro atoms. The maximum atomic E-state index is 11.0. The molecule has 2 heterocycles. The third kappa shape index (κ3) is 3.79. The molecule has 0 atom stereocenters. The SMILES string of the molecule is COc1cccc(-c2cc(CC3(O)CCN(C4CCCC4)CC3)on2)c1. The summed E-state index contributed by atoms with van der Waals surface area (Å²) in [5, 5.41) is 15.2. The fourth-order valence-electron chi connectivity index (χ4n) is 4.39. The zero-order chi connectivity index (χ0) is 18.0. The van der Waals surface area contributed by atoms with Crippen LogP contribution in [0.25, 0.3) is 11.3 Å². The molecule has 5 nitrogen and oxygen atoms in total. The Bertz CT molecular complexity index is 728. The fraction of sp³-hybridized carbons (Fsp3) is 0.571. The Morgan fingerprint density at radius 3 is 2.73 bits per heavy atom. The number of rotatable bonds is 5. The summed E-state index contributed by atoms with van der Waals surface area (Å²) in [6.45, 7) is 1.97. The molecular weight excluding hydrogens is 328 g/mol. The summed E-state index contributed by atoms with van der Waals surface area (Å²) in [7, 11) is 1.65. The van der Waals surface area contributed by atoms with Crippen LogP contribution in [0.3, 0.4) is 0 Å². The van der Waals surface area contributed by atoms with E-state index in [2.05, 4.69) is 10.1 Å². The fourth-order valence-corrected chi connectivity index (χ4v) is 4.39. The highest BCUT2D eigenvalue weighted by atomic mass is 16.5. The number of piperidine rings is 1. The minimum absolute atomic E-state index is 0.530. The number of hydrogen-bond donors (Lipinski definition) is 1. The first-order valence-corrected chi connectivity index (χ1v) is 9.72. The van der Waals surface area contributed by atoms with Crippen molar-refractivity contribution in [2.45, 2.75) is 56.6 Å². The van der Waals surface area contributed by atoms with Crippen LogP contribution in [-0.4, -0.2) is 47.0 Å². The van der Waals surface area contributed by atoms with Gasteiger partial charge in [-0.2, -0.15) is 0 Å². The maximum absolute atomic E-state index is 11.0. The van der Waals surface area contributed by atoms with Crippen LogP contribution in [0.5, 0.6) is 5.75 Å². The first-order chi connectivity index (χ1) is 12.6. The highest BCUT2D eigenvalue weighted by molar-refractivity contribution is 5.60. The van der Waals surface area contributed by atoms with E-state index in [4.69, 9.17) is 9.26 Å². The highest BCUT2D eigenvalue weighted by Gasteiger charge is 2.36. The molecule has 0 bridgehead atoms. The lowest BCUT2D eigenvalue weighted by Crippen LogP contribution is -2.48. The normalized spacial score (nSPS) is 21.2. The van der Waals surface area contributed by atoms with Crippen molar-refractivity contribution >= 4 is 0 Å². The van der Waals surface area contributed by atoms with Crippen molar-refractivity contribution in [1.82, 2.24) is 10.1 Å². The molecule has 4 rings (SSSR count). The molecule has 2 aliphatic rings. The first-order valence-electron chi connectivity index (χ1n) is 9.72. The lowest BCUT2D eigenvalue weighted by atomic mass is 9.86. The molecule has 0 unspecified atom stereocenters. The average Bonchev–Trinajstić information content (AvgIpc) is 3.34. The molecule has 2 aromatic rings. The number of nitrogens with zero attached hydrogens (tertiary/aromatic N) is 2. The van der Waals surface area contributed by atoms with Crippen molar-refractivity contribution in [2.24, 2.45) is 0 Å². The molecule has 1 aromatic heterocycles. The molecule has 1 N–H and O–H groups in total. The van der Waals surface area contributed by atoms with Crippen LogP contribution in [0.2, 0.25) is 0 Å². The van der Waals surface area contributed by atoms with Crippen molar-refractivity contribution in [3.63, 3.8) is 0 Å². The van der Waals surface area contributed by atoms with Gasteiger partial charge in [0, 0.05) is 37.2 Å². The van der Waals surface area contributed by atoms with E-state index >= 15 is 0 Å². The topological polar surface area (TPSA) is 58.7 Å². The summed E-state index contributed by atoms with van der Waals surface area (Å²) in [4.78, 5) is 2.57. The molecule has 1 saturated heterocycles. The van der Waals surface area contributed by atoms with Crippen LogP contribution in [0.1, 0.15) is 44.3 Å². The number of aliphatic hydroxyl groups is 1. The molecule has 0 radical (unpaired) electrons. The third-order valence-corrected chi connectivity index (χ3v) is 6.00. The summed E-state index contributed by atoms with van der Waals surface area (Å²) < 4.78 is 10.8. The number of aromatic nitrogens is 1. The predicted molar refractivity (Wildman–Crippen MR) is 100 cm³/mol. The zero-order valence-corrected chi connectivity index (χ0v) is 15.5. The molecule has 5 heteroatoms.